The SMILES string of the molecule is CCCCC1=C(C(=O)OCCC=C(C)CCC=C(C)C)CCCC1. The quantitative estimate of drug-likeness (QED) is 0.253. The van der Waals surface area contributed by atoms with Crippen molar-refractivity contribution in [3.63, 3.8) is 0 Å². The van der Waals surface area contributed by atoms with Crippen LogP contribution in [0.4, 0.5) is 0 Å². The molecule has 1 rings (SSSR count). The molecule has 0 aromatic heterocycles. The Balaban J connectivity index is 2.39. The Morgan fingerprint density at radius 1 is 1.08 bits per heavy atom. The van der Waals surface area contributed by atoms with E-state index in [2.05, 4.69) is 39.8 Å². The first-order valence-corrected chi connectivity index (χ1v) is 9.71. The van der Waals surface area contributed by atoms with E-state index in [1.807, 2.05) is 0 Å². The first kappa shape index (κ1) is 20.7. The number of hydrogen-bond donors (Lipinski definition) is 0. The molecule has 24 heavy (non-hydrogen) atoms. The van der Waals surface area contributed by atoms with Crippen molar-refractivity contribution in [2.24, 2.45) is 0 Å². The van der Waals surface area contributed by atoms with E-state index < -0.39 is 0 Å². The Kier molecular flexibility index (Phi) is 10.5. The molecule has 0 heterocycles. The van der Waals surface area contributed by atoms with E-state index in [0.29, 0.717) is 6.61 Å². The number of esters is 1. The van der Waals surface area contributed by atoms with E-state index >= 15 is 0 Å². The maximum Gasteiger partial charge on any atom is 0.333 e. The van der Waals surface area contributed by atoms with E-state index in [9.17, 15) is 4.79 Å². The fourth-order valence-electron chi connectivity index (χ4n) is 3.11. The molecule has 0 saturated carbocycles. The summed E-state index contributed by atoms with van der Waals surface area (Å²) in [4.78, 5) is 12.4. The molecular formula is C22H36O2. The summed E-state index contributed by atoms with van der Waals surface area (Å²) < 4.78 is 5.53. The van der Waals surface area contributed by atoms with Crippen LogP contribution in [0.5, 0.6) is 0 Å². The third kappa shape index (κ3) is 8.52. The van der Waals surface area contributed by atoms with Crippen molar-refractivity contribution >= 4 is 5.97 Å². The number of unbranched alkanes of at least 4 members (excludes halogenated alkanes) is 1. The lowest BCUT2D eigenvalue weighted by molar-refractivity contribution is -0.139. The van der Waals surface area contributed by atoms with Crippen LogP contribution in [0.2, 0.25) is 0 Å². The third-order valence-corrected chi connectivity index (χ3v) is 4.60. The van der Waals surface area contributed by atoms with Crippen LogP contribution in [0, 0.1) is 0 Å². The van der Waals surface area contributed by atoms with E-state index in [1.165, 1.54) is 36.0 Å². The van der Waals surface area contributed by atoms with Gasteiger partial charge in [-0.3, -0.25) is 0 Å². The van der Waals surface area contributed by atoms with Gasteiger partial charge in [-0.1, -0.05) is 42.2 Å². The van der Waals surface area contributed by atoms with Crippen LogP contribution < -0.4 is 0 Å². The van der Waals surface area contributed by atoms with Gasteiger partial charge in [0.2, 0.25) is 0 Å². The summed E-state index contributed by atoms with van der Waals surface area (Å²) in [6, 6.07) is 0. The van der Waals surface area contributed by atoms with Gasteiger partial charge in [-0.15, -0.1) is 0 Å². The molecule has 0 bridgehead atoms. The Morgan fingerprint density at radius 2 is 1.83 bits per heavy atom. The molecular weight excluding hydrogens is 296 g/mol. The maximum absolute atomic E-state index is 12.4. The van der Waals surface area contributed by atoms with Crippen LogP contribution in [0.25, 0.3) is 0 Å². The van der Waals surface area contributed by atoms with Gasteiger partial charge in [-0.05, 0) is 78.6 Å². The Labute approximate surface area is 149 Å². The zero-order valence-electron chi connectivity index (χ0n) is 16.2. The van der Waals surface area contributed by atoms with Crippen molar-refractivity contribution in [1.29, 1.82) is 0 Å². The highest BCUT2D eigenvalue weighted by atomic mass is 16.5. The van der Waals surface area contributed by atoms with Gasteiger partial charge < -0.3 is 4.74 Å². The summed E-state index contributed by atoms with van der Waals surface area (Å²) in [7, 11) is 0. The molecule has 0 unspecified atom stereocenters. The van der Waals surface area contributed by atoms with Gasteiger partial charge >= 0.3 is 5.97 Å². The van der Waals surface area contributed by atoms with Crippen LogP contribution in [0.3, 0.4) is 0 Å². The summed E-state index contributed by atoms with van der Waals surface area (Å²) in [5, 5.41) is 0. The predicted octanol–water partition coefficient (Wildman–Crippen LogP) is 6.67. The molecule has 2 heteroatoms. The van der Waals surface area contributed by atoms with Gasteiger partial charge in [0, 0.05) is 5.57 Å². The fourth-order valence-corrected chi connectivity index (χ4v) is 3.11. The predicted molar refractivity (Wildman–Crippen MR) is 103 cm³/mol. The minimum atomic E-state index is -0.0589. The number of allylic oxidation sites excluding steroid dienone is 4. The zero-order valence-corrected chi connectivity index (χ0v) is 16.2. The zero-order chi connectivity index (χ0) is 17.8. The summed E-state index contributed by atoms with van der Waals surface area (Å²) in [6.07, 6.45) is 15.3. The van der Waals surface area contributed by atoms with Crippen molar-refractivity contribution in [1.82, 2.24) is 0 Å². The van der Waals surface area contributed by atoms with Crippen molar-refractivity contribution in [2.75, 3.05) is 6.61 Å². The molecule has 0 saturated heterocycles. The standard InChI is InChI=1S/C22H36O2/c1-5-6-14-20-15-7-8-16-21(20)22(23)24-17-10-13-19(4)12-9-11-18(2)3/h11,13H,5-10,12,14-17H2,1-4H3. The van der Waals surface area contributed by atoms with Crippen molar-refractivity contribution in [2.45, 2.75) is 91.9 Å². The molecule has 0 fully saturated rings. The van der Waals surface area contributed by atoms with E-state index in [-0.39, 0.29) is 5.97 Å². The Bertz CT molecular complexity index is 476. The number of hydrogen-bond acceptors (Lipinski definition) is 2. The first-order chi connectivity index (χ1) is 11.5. The highest BCUT2D eigenvalue weighted by molar-refractivity contribution is 5.89. The van der Waals surface area contributed by atoms with Crippen LogP contribution in [-0.4, -0.2) is 12.6 Å². The molecule has 0 N–H and O–H groups in total. The van der Waals surface area contributed by atoms with Crippen LogP contribution in [-0.2, 0) is 9.53 Å². The topological polar surface area (TPSA) is 26.3 Å². The van der Waals surface area contributed by atoms with Crippen molar-refractivity contribution < 1.29 is 9.53 Å². The largest absolute Gasteiger partial charge is 0.462 e. The smallest absolute Gasteiger partial charge is 0.333 e. The summed E-state index contributed by atoms with van der Waals surface area (Å²) in [5.74, 6) is -0.0589. The second-order valence-electron chi connectivity index (χ2n) is 7.19. The van der Waals surface area contributed by atoms with Gasteiger partial charge in [0.1, 0.15) is 0 Å². The first-order valence-electron chi connectivity index (χ1n) is 9.71. The van der Waals surface area contributed by atoms with Gasteiger partial charge in [0.15, 0.2) is 0 Å². The molecule has 1 aliphatic rings. The Hall–Kier alpha value is -1.31. The summed E-state index contributed by atoms with van der Waals surface area (Å²) in [5.41, 5.74) is 5.10. The molecule has 2 nitrogen and oxygen atoms in total. The lowest BCUT2D eigenvalue weighted by Gasteiger charge is -2.19. The molecule has 0 aromatic rings. The van der Waals surface area contributed by atoms with Crippen LogP contribution >= 0.6 is 0 Å². The lowest BCUT2D eigenvalue weighted by atomic mass is 9.89. The monoisotopic (exact) mass is 332 g/mol. The molecule has 0 radical (unpaired) electrons. The minimum absolute atomic E-state index is 0.0589. The molecule has 136 valence electrons. The lowest BCUT2D eigenvalue weighted by Crippen LogP contribution is -2.14. The van der Waals surface area contributed by atoms with Gasteiger partial charge in [0.05, 0.1) is 6.61 Å². The van der Waals surface area contributed by atoms with Crippen LogP contribution in [0.1, 0.15) is 91.9 Å². The molecule has 0 amide bonds. The number of carbonyl (C=O) groups excluding carboxylic acids is 1. The minimum Gasteiger partial charge on any atom is -0.462 e. The van der Waals surface area contributed by atoms with E-state index in [4.69, 9.17) is 4.74 Å². The van der Waals surface area contributed by atoms with Crippen molar-refractivity contribution in [3.05, 3.63) is 34.4 Å². The van der Waals surface area contributed by atoms with E-state index in [1.54, 1.807) is 0 Å². The normalized spacial score (nSPS) is 15.4. The van der Waals surface area contributed by atoms with Crippen LogP contribution in [0.15, 0.2) is 34.4 Å². The second kappa shape index (κ2) is 12.1. The molecule has 0 atom stereocenters. The fraction of sp³-hybridized carbons (Fsp3) is 0.682. The van der Waals surface area contributed by atoms with E-state index in [0.717, 1.165) is 50.5 Å². The van der Waals surface area contributed by atoms with Gasteiger partial charge in [0.25, 0.3) is 0 Å². The molecule has 0 spiro atoms. The van der Waals surface area contributed by atoms with Gasteiger partial charge in [-0.25, -0.2) is 4.79 Å². The average Bonchev–Trinajstić information content (AvgIpc) is 2.56. The number of carbonyl (C=O) groups is 1. The highest BCUT2D eigenvalue weighted by Gasteiger charge is 2.19. The second-order valence-corrected chi connectivity index (χ2v) is 7.19. The molecule has 0 aliphatic heterocycles. The number of rotatable bonds is 10. The summed E-state index contributed by atoms with van der Waals surface area (Å²) in [6.45, 7) is 9.13. The maximum atomic E-state index is 12.4. The average molecular weight is 333 g/mol. The summed E-state index contributed by atoms with van der Waals surface area (Å²) >= 11 is 0. The molecule has 0 aromatic carbocycles. The Morgan fingerprint density at radius 3 is 2.54 bits per heavy atom. The van der Waals surface area contributed by atoms with Crippen molar-refractivity contribution in [3.8, 4) is 0 Å². The number of ether oxygens (including phenoxy) is 1. The molecule has 1 aliphatic carbocycles. The van der Waals surface area contributed by atoms with Gasteiger partial charge in [-0.2, -0.15) is 0 Å². The highest BCUT2D eigenvalue weighted by Crippen LogP contribution is 2.29. The third-order valence-electron chi connectivity index (χ3n) is 4.60.